The van der Waals surface area contributed by atoms with E-state index < -0.39 is 0 Å². The molecule has 1 unspecified atom stereocenters. The summed E-state index contributed by atoms with van der Waals surface area (Å²) >= 11 is 5.61. The van der Waals surface area contributed by atoms with E-state index in [1.807, 2.05) is 18.2 Å². The molecule has 0 saturated heterocycles. The molecular formula is C12H10ClF. The highest BCUT2D eigenvalue weighted by Gasteiger charge is 2.10. The third kappa shape index (κ3) is 1.88. The Balaban J connectivity index is 2.28. The first-order valence-corrected chi connectivity index (χ1v) is 4.93. The Morgan fingerprint density at radius 1 is 1.29 bits per heavy atom. The van der Waals surface area contributed by atoms with E-state index >= 15 is 0 Å². The van der Waals surface area contributed by atoms with Crippen molar-refractivity contribution < 1.29 is 4.39 Å². The van der Waals surface area contributed by atoms with Crippen LogP contribution >= 0.6 is 11.6 Å². The van der Waals surface area contributed by atoms with Gasteiger partial charge in [0.2, 0.25) is 0 Å². The predicted molar refractivity (Wildman–Crippen MR) is 57.0 cm³/mol. The monoisotopic (exact) mass is 208 g/mol. The quantitative estimate of drug-likeness (QED) is 0.653. The molecule has 72 valence electrons. The van der Waals surface area contributed by atoms with Crippen LogP contribution in [0.1, 0.15) is 17.9 Å². The molecule has 0 aliphatic heterocycles. The van der Waals surface area contributed by atoms with Crippen LogP contribution in [-0.4, -0.2) is 0 Å². The summed E-state index contributed by atoms with van der Waals surface area (Å²) in [5.74, 6) is -0.0566. The molecule has 0 saturated carbocycles. The Morgan fingerprint density at radius 3 is 2.79 bits per heavy atom. The SMILES string of the molecule is Fc1cc(C2C=CC=CC2)ccc1Cl. The molecule has 0 spiro atoms. The minimum atomic E-state index is -0.341. The number of allylic oxidation sites excluding steroid dienone is 4. The Kier molecular flexibility index (Phi) is 2.69. The zero-order chi connectivity index (χ0) is 9.97. The van der Waals surface area contributed by atoms with Crippen LogP contribution in [0.2, 0.25) is 5.02 Å². The summed E-state index contributed by atoms with van der Waals surface area (Å²) in [6.45, 7) is 0. The summed E-state index contributed by atoms with van der Waals surface area (Å²) in [5.41, 5.74) is 0.979. The molecular weight excluding hydrogens is 199 g/mol. The molecule has 0 fully saturated rings. The van der Waals surface area contributed by atoms with Gasteiger partial charge in [0.05, 0.1) is 5.02 Å². The minimum Gasteiger partial charge on any atom is -0.205 e. The van der Waals surface area contributed by atoms with Gasteiger partial charge in [0.1, 0.15) is 5.82 Å². The Bertz CT molecular complexity index is 393. The minimum absolute atomic E-state index is 0.184. The summed E-state index contributed by atoms with van der Waals surface area (Å²) in [6.07, 6.45) is 9.07. The van der Waals surface area contributed by atoms with E-state index in [-0.39, 0.29) is 16.8 Å². The lowest BCUT2D eigenvalue weighted by Gasteiger charge is -2.13. The molecule has 0 radical (unpaired) electrons. The van der Waals surface area contributed by atoms with E-state index in [0.29, 0.717) is 0 Å². The molecule has 0 N–H and O–H groups in total. The normalized spacial score (nSPS) is 20.0. The second-order valence-corrected chi connectivity index (χ2v) is 3.74. The predicted octanol–water partition coefficient (Wildman–Crippen LogP) is 4.08. The smallest absolute Gasteiger partial charge is 0.142 e. The molecule has 2 rings (SSSR count). The standard InChI is InChI=1S/C12H10ClF/c13-11-7-6-10(8-12(11)14)9-4-2-1-3-5-9/h1-4,6-9H,5H2. The van der Waals surface area contributed by atoms with Crippen LogP contribution in [0.4, 0.5) is 4.39 Å². The van der Waals surface area contributed by atoms with Crippen molar-refractivity contribution in [3.8, 4) is 0 Å². The summed E-state index contributed by atoms with van der Waals surface area (Å²) in [6, 6.07) is 4.99. The average Bonchev–Trinajstić information content (AvgIpc) is 2.23. The molecule has 0 aromatic heterocycles. The fourth-order valence-electron chi connectivity index (χ4n) is 1.57. The van der Waals surface area contributed by atoms with Gasteiger partial charge in [-0.25, -0.2) is 4.39 Å². The second-order valence-electron chi connectivity index (χ2n) is 3.33. The lowest BCUT2D eigenvalue weighted by Crippen LogP contribution is -1.96. The summed E-state index contributed by atoms with van der Waals surface area (Å²) < 4.78 is 13.2. The van der Waals surface area contributed by atoms with Crippen molar-refractivity contribution in [1.29, 1.82) is 0 Å². The van der Waals surface area contributed by atoms with Gasteiger partial charge in [-0.1, -0.05) is 42.0 Å². The van der Waals surface area contributed by atoms with Gasteiger partial charge in [-0.3, -0.25) is 0 Å². The van der Waals surface area contributed by atoms with Gasteiger partial charge in [0.25, 0.3) is 0 Å². The molecule has 2 heteroatoms. The molecule has 1 atom stereocenters. The Labute approximate surface area is 87.7 Å². The lowest BCUT2D eigenvalue weighted by atomic mass is 9.93. The van der Waals surface area contributed by atoms with E-state index in [9.17, 15) is 4.39 Å². The number of rotatable bonds is 1. The van der Waals surface area contributed by atoms with Crippen molar-refractivity contribution in [3.05, 3.63) is 58.9 Å². The van der Waals surface area contributed by atoms with Crippen LogP contribution in [-0.2, 0) is 0 Å². The van der Waals surface area contributed by atoms with E-state index in [2.05, 4.69) is 12.2 Å². The van der Waals surface area contributed by atoms with Crippen molar-refractivity contribution in [3.63, 3.8) is 0 Å². The third-order valence-electron chi connectivity index (χ3n) is 2.35. The fraction of sp³-hybridized carbons (Fsp3) is 0.167. The van der Waals surface area contributed by atoms with Crippen LogP contribution in [0.25, 0.3) is 0 Å². The molecule has 14 heavy (non-hydrogen) atoms. The van der Waals surface area contributed by atoms with Gasteiger partial charge in [-0.15, -0.1) is 0 Å². The fourth-order valence-corrected chi connectivity index (χ4v) is 1.69. The highest BCUT2D eigenvalue weighted by molar-refractivity contribution is 6.30. The first-order valence-electron chi connectivity index (χ1n) is 4.55. The molecule has 0 bridgehead atoms. The largest absolute Gasteiger partial charge is 0.205 e. The van der Waals surface area contributed by atoms with E-state index in [1.54, 1.807) is 6.07 Å². The molecule has 1 aromatic rings. The zero-order valence-electron chi connectivity index (χ0n) is 7.58. The van der Waals surface area contributed by atoms with Crippen LogP contribution in [0.3, 0.4) is 0 Å². The zero-order valence-corrected chi connectivity index (χ0v) is 8.34. The molecule has 1 aliphatic carbocycles. The van der Waals surface area contributed by atoms with Gasteiger partial charge in [-0.05, 0) is 24.1 Å². The number of hydrogen-bond acceptors (Lipinski definition) is 0. The summed E-state index contributed by atoms with van der Waals surface area (Å²) in [7, 11) is 0. The maximum absolute atomic E-state index is 13.2. The first kappa shape index (κ1) is 9.47. The van der Waals surface area contributed by atoms with Gasteiger partial charge in [-0.2, -0.15) is 0 Å². The number of halogens is 2. The van der Waals surface area contributed by atoms with Gasteiger partial charge in [0.15, 0.2) is 0 Å². The molecule has 1 aromatic carbocycles. The maximum atomic E-state index is 13.2. The molecule has 0 nitrogen and oxygen atoms in total. The molecule has 1 aliphatic rings. The topological polar surface area (TPSA) is 0 Å². The highest BCUT2D eigenvalue weighted by atomic mass is 35.5. The Morgan fingerprint density at radius 2 is 2.14 bits per heavy atom. The van der Waals surface area contributed by atoms with Crippen LogP contribution in [0.5, 0.6) is 0 Å². The summed E-state index contributed by atoms with van der Waals surface area (Å²) in [5, 5.41) is 0.184. The van der Waals surface area contributed by atoms with Gasteiger partial charge in [0, 0.05) is 5.92 Å². The van der Waals surface area contributed by atoms with Crippen molar-refractivity contribution in [2.24, 2.45) is 0 Å². The van der Waals surface area contributed by atoms with Gasteiger partial charge >= 0.3 is 0 Å². The average molecular weight is 209 g/mol. The second kappa shape index (κ2) is 3.97. The van der Waals surface area contributed by atoms with Crippen molar-refractivity contribution in [2.75, 3.05) is 0 Å². The molecule has 0 amide bonds. The molecule has 0 heterocycles. The van der Waals surface area contributed by atoms with Crippen LogP contribution in [0.15, 0.2) is 42.5 Å². The third-order valence-corrected chi connectivity index (χ3v) is 2.66. The van der Waals surface area contributed by atoms with Crippen LogP contribution in [0, 0.1) is 5.82 Å². The van der Waals surface area contributed by atoms with Crippen LogP contribution < -0.4 is 0 Å². The van der Waals surface area contributed by atoms with Crippen molar-refractivity contribution in [1.82, 2.24) is 0 Å². The van der Waals surface area contributed by atoms with E-state index in [1.165, 1.54) is 6.07 Å². The van der Waals surface area contributed by atoms with Gasteiger partial charge < -0.3 is 0 Å². The highest BCUT2D eigenvalue weighted by Crippen LogP contribution is 2.27. The van der Waals surface area contributed by atoms with E-state index in [0.717, 1.165) is 12.0 Å². The maximum Gasteiger partial charge on any atom is 0.142 e. The van der Waals surface area contributed by atoms with Crippen molar-refractivity contribution >= 4 is 11.6 Å². The Hall–Kier alpha value is -1.08. The first-order chi connectivity index (χ1) is 6.77. The number of hydrogen-bond donors (Lipinski definition) is 0. The van der Waals surface area contributed by atoms with Crippen molar-refractivity contribution in [2.45, 2.75) is 12.3 Å². The number of benzene rings is 1. The van der Waals surface area contributed by atoms with E-state index in [4.69, 9.17) is 11.6 Å². The lowest BCUT2D eigenvalue weighted by molar-refractivity contribution is 0.624. The summed E-state index contributed by atoms with van der Waals surface area (Å²) in [4.78, 5) is 0.